The first-order valence-electron chi connectivity index (χ1n) is 7.55. The van der Waals surface area contributed by atoms with Gasteiger partial charge in [0, 0.05) is 6.07 Å². The Labute approximate surface area is 149 Å². The third-order valence-electron chi connectivity index (χ3n) is 4.02. The number of para-hydroxylation sites is 1. The highest BCUT2D eigenvalue weighted by molar-refractivity contribution is 7.96. The molecule has 0 radical (unpaired) electrons. The number of hydrogen-bond acceptors (Lipinski definition) is 5. The average molecular weight is 373 g/mol. The lowest BCUT2D eigenvalue weighted by atomic mass is 10.1. The summed E-state index contributed by atoms with van der Waals surface area (Å²) in [7, 11) is -2.60. The minimum absolute atomic E-state index is 0.0170. The number of carboxylic acids is 1. The van der Waals surface area contributed by atoms with E-state index in [0.29, 0.717) is 11.3 Å². The monoisotopic (exact) mass is 373 g/mol. The fourth-order valence-corrected chi connectivity index (χ4v) is 4.25. The number of sulfone groups is 1. The van der Waals surface area contributed by atoms with Crippen LogP contribution in [-0.2, 0) is 14.6 Å². The van der Waals surface area contributed by atoms with Gasteiger partial charge in [0.15, 0.2) is 0 Å². The van der Waals surface area contributed by atoms with E-state index in [4.69, 9.17) is 4.74 Å². The number of fused-ring (bicyclic) bond motifs is 1. The van der Waals surface area contributed by atoms with Crippen LogP contribution in [0.2, 0.25) is 0 Å². The van der Waals surface area contributed by atoms with Crippen LogP contribution in [0.25, 0.3) is 6.08 Å². The molecule has 2 N–H and O–H groups in total. The van der Waals surface area contributed by atoms with Crippen LogP contribution in [0.15, 0.2) is 46.2 Å². The molecule has 0 unspecified atom stereocenters. The first-order chi connectivity index (χ1) is 12.3. The molecule has 2 aromatic carbocycles. The fourth-order valence-electron chi connectivity index (χ4n) is 2.74. The van der Waals surface area contributed by atoms with E-state index < -0.39 is 26.6 Å². The van der Waals surface area contributed by atoms with Crippen LogP contribution in [-0.4, -0.2) is 32.5 Å². The number of amides is 1. The van der Waals surface area contributed by atoms with Crippen molar-refractivity contribution in [2.24, 2.45) is 0 Å². The summed E-state index contributed by atoms with van der Waals surface area (Å²) in [6.45, 7) is 1.76. The molecule has 1 aliphatic rings. The van der Waals surface area contributed by atoms with Crippen LogP contribution >= 0.6 is 0 Å². The number of aryl methyl sites for hydroxylation is 1. The van der Waals surface area contributed by atoms with Crippen molar-refractivity contribution >= 4 is 33.5 Å². The number of carbonyl (C=O) groups excluding carboxylic acids is 1. The van der Waals surface area contributed by atoms with Gasteiger partial charge in [0.2, 0.25) is 9.84 Å². The normalized spacial score (nSPS) is 14.3. The number of rotatable bonds is 4. The lowest BCUT2D eigenvalue weighted by molar-refractivity contribution is -0.112. The molecular weight excluding hydrogens is 358 g/mol. The maximum atomic E-state index is 12.7. The van der Waals surface area contributed by atoms with Crippen LogP contribution in [0, 0.1) is 6.92 Å². The van der Waals surface area contributed by atoms with Crippen LogP contribution < -0.4 is 10.1 Å². The van der Waals surface area contributed by atoms with Crippen molar-refractivity contribution in [3.63, 3.8) is 0 Å². The van der Waals surface area contributed by atoms with Gasteiger partial charge in [-0.15, -0.1) is 0 Å². The Morgan fingerprint density at radius 2 is 1.85 bits per heavy atom. The number of carboxylic acid groups (broad SMARTS) is 1. The first kappa shape index (κ1) is 17.7. The minimum atomic E-state index is -4.03. The molecule has 7 nitrogen and oxygen atoms in total. The van der Waals surface area contributed by atoms with Gasteiger partial charge in [0.25, 0.3) is 5.91 Å². The third-order valence-corrected chi connectivity index (χ3v) is 5.84. The van der Waals surface area contributed by atoms with Gasteiger partial charge in [-0.25, -0.2) is 13.2 Å². The lowest BCUT2D eigenvalue weighted by Crippen LogP contribution is -2.20. The summed E-state index contributed by atoms with van der Waals surface area (Å²) >= 11 is 0. The van der Waals surface area contributed by atoms with E-state index in [-0.39, 0.29) is 16.1 Å². The molecule has 2 aromatic rings. The second-order valence-corrected chi connectivity index (χ2v) is 7.56. The topological polar surface area (TPSA) is 110 Å². The predicted octanol–water partition coefficient (Wildman–Crippen LogP) is 2.47. The molecule has 1 aliphatic heterocycles. The molecule has 0 spiro atoms. The van der Waals surface area contributed by atoms with E-state index in [1.807, 2.05) is 0 Å². The summed E-state index contributed by atoms with van der Waals surface area (Å²) in [5.74, 6) is -1.72. The van der Waals surface area contributed by atoms with Gasteiger partial charge in [-0.2, -0.15) is 0 Å². The average Bonchev–Trinajstić information content (AvgIpc) is 2.84. The van der Waals surface area contributed by atoms with Crippen LogP contribution in [0.3, 0.4) is 0 Å². The van der Waals surface area contributed by atoms with Crippen molar-refractivity contribution in [3.8, 4) is 5.75 Å². The van der Waals surface area contributed by atoms with E-state index in [0.717, 1.165) is 5.56 Å². The molecular formula is C18H15NO6S. The largest absolute Gasteiger partial charge is 0.496 e. The zero-order chi connectivity index (χ0) is 19.1. The van der Waals surface area contributed by atoms with E-state index in [1.54, 1.807) is 19.1 Å². The van der Waals surface area contributed by atoms with Gasteiger partial charge in [-0.05, 0) is 42.3 Å². The van der Waals surface area contributed by atoms with Gasteiger partial charge >= 0.3 is 5.97 Å². The molecule has 0 fully saturated rings. The van der Waals surface area contributed by atoms with Crippen LogP contribution in [0.1, 0.15) is 21.5 Å². The maximum Gasteiger partial charge on any atom is 0.337 e. The molecule has 1 amide bonds. The molecule has 134 valence electrons. The van der Waals surface area contributed by atoms with E-state index >= 15 is 0 Å². The maximum absolute atomic E-state index is 12.7. The summed E-state index contributed by atoms with van der Waals surface area (Å²) in [6, 6.07) is 8.76. The summed E-state index contributed by atoms with van der Waals surface area (Å²) < 4.78 is 30.6. The Bertz CT molecular complexity index is 1070. The molecule has 3 rings (SSSR count). The first-order valence-corrected chi connectivity index (χ1v) is 9.03. The molecule has 0 atom stereocenters. The molecule has 0 aromatic heterocycles. The smallest absolute Gasteiger partial charge is 0.337 e. The molecule has 1 heterocycles. The van der Waals surface area contributed by atoms with Gasteiger partial charge in [0.1, 0.15) is 10.7 Å². The van der Waals surface area contributed by atoms with E-state index in [2.05, 4.69) is 5.32 Å². The zero-order valence-electron chi connectivity index (χ0n) is 13.9. The second-order valence-electron chi connectivity index (χ2n) is 5.68. The summed E-state index contributed by atoms with van der Waals surface area (Å²) in [5.41, 5.74) is 1.01. The third kappa shape index (κ3) is 2.84. The Kier molecular flexibility index (Phi) is 4.29. The van der Waals surface area contributed by atoms with Crippen molar-refractivity contribution in [1.29, 1.82) is 0 Å². The van der Waals surface area contributed by atoms with Crippen LogP contribution in [0.5, 0.6) is 5.75 Å². The van der Waals surface area contributed by atoms with Crippen molar-refractivity contribution in [2.75, 3.05) is 12.4 Å². The number of carbonyl (C=O) groups is 2. The second kappa shape index (κ2) is 6.30. The highest BCUT2D eigenvalue weighted by atomic mass is 32.2. The number of ether oxygens (including phenoxy) is 1. The quantitative estimate of drug-likeness (QED) is 0.852. The molecule has 26 heavy (non-hydrogen) atoms. The summed E-state index contributed by atoms with van der Waals surface area (Å²) in [4.78, 5) is 23.3. The SMILES string of the molecule is COc1cc2c(cc1C)C=C(C(=O)Nc1ccccc1C(=O)O)S2(=O)=O. The number of methoxy groups -OCH3 is 1. The van der Waals surface area contributed by atoms with Gasteiger partial charge in [0.05, 0.1) is 23.3 Å². The minimum Gasteiger partial charge on any atom is -0.496 e. The molecule has 8 heteroatoms. The van der Waals surface area contributed by atoms with Crippen LogP contribution in [0.4, 0.5) is 5.69 Å². The Morgan fingerprint density at radius 1 is 1.15 bits per heavy atom. The van der Waals surface area contributed by atoms with Gasteiger partial charge in [-0.1, -0.05) is 12.1 Å². The highest BCUT2D eigenvalue weighted by Crippen LogP contribution is 2.37. The van der Waals surface area contributed by atoms with E-state index in [9.17, 15) is 23.1 Å². The molecule has 0 saturated carbocycles. The van der Waals surface area contributed by atoms with Crippen molar-refractivity contribution in [3.05, 3.63) is 58.0 Å². The van der Waals surface area contributed by atoms with E-state index in [1.165, 1.54) is 37.5 Å². The number of hydrogen-bond donors (Lipinski definition) is 2. The fraction of sp³-hybridized carbons (Fsp3) is 0.111. The highest BCUT2D eigenvalue weighted by Gasteiger charge is 2.35. The Hall–Kier alpha value is -3.13. The molecule has 0 bridgehead atoms. The van der Waals surface area contributed by atoms with Crippen molar-refractivity contribution in [1.82, 2.24) is 0 Å². The summed E-state index contributed by atoms with van der Waals surface area (Å²) in [6.07, 6.45) is 1.27. The molecule has 0 aliphatic carbocycles. The predicted molar refractivity (Wildman–Crippen MR) is 94.9 cm³/mol. The van der Waals surface area contributed by atoms with Crippen molar-refractivity contribution < 1.29 is 27.9 Å². The number of benzene rings is 2. The zero-order valence-corrected chi connectivity index (χ0v) is 14.8. The van der Waals surface area contributed by atoms with Gasteiger partial charge < -0.3 is 15.2 Å². The number of nitrogens with one attached hydrogen (secondary N) is 1. The number of aromatic carboxylic acids is 1. The number of anilines is 1. The summed E-state index contributed by atoms with van der Waals surface area (Å²) in [5, 5.41) is 11.5. The standard InChI is InChI=1S/C18H15NO6S/c1-10-7-11-8-16(26(23,24)15(11)9-14(10)25-2)17(20)19-13-6-4-3-5-12(13)18(21)22/h3-9H,1-2H3,(H,19,20)(H,21,22). The lowest BCUT2D eigenvalue weighted by Gasteiger charge is -2.09. The Balaban J connectivity index is 1.99. The van der Waals surface area contributed by atoms with Crippen molar-refractivity contribution in [2.45, 2.75) is 11.8 Å². The molecule has 0 saturated heterocycles. The Morgan fingerprint density at radius 3 is 2.50 bits per heavy atom. The van der Waals surface area contributed by atoms with Gasteiger partial charge in [-0.3, -0.25) is 4.79 Å².